The normalized spacial score (nSPS) is 23.2. The lowest BCUT2D eigenvalue weighted by Gasteiger charge is -2.39. The van der Waals surface area contributed by atoms with Crippen LogP contribution < -0.4 is 5.32 Å². The molecule has 2 atom stereocenters. The Labute approximate surface area is 114 Å². The second-order valence-corrected chi connectivity index (χ2v) is 6.71. The maximum atomic E-state index is 13.1. The van der Waals surface area contributed by atoms with Crippen molar-refractivity contribution in [2.45, 2.75) is 45.6 Å². The minimum absolute atomic E-state index is 0.130. The summed E-state index contributed by atoms with van der Waals surface area (Å²) < 4.78 is 26.3. The highest BCUT2D eigenvalue weighted by atomic mass is 19.1. The van der Waals surface area contributed by atoms with E-state index in [0.717, 1.165) is 31.0 Å². The van der Waals surface area contributed by atoms with Crippen molar-refractivity contribution in [1.29, 1.82) is 0 Å². The Bertz CT molecular complexity index is 417. The number of halogens is 2. The molecule has 0 amide bonds. The van der Waals surface area contributed by atoms with Gasteiger partial charge in [-0.2, -0.15) is 0 Å². The molecule has 1 aliphatic rings. The average Bonchev–Trinajstić information content (AvgIpc) is 2.21. The minimum atomic E-state index is -0.473. The van der Waals surface area contributed by atoms with E-state index in [1.807, 2.05) is 0 Å². The lowest BCUT2D eigenvalue weighted by atomic mass is 9.70. The summed E-state index contributed by atoms with van der Waals surface area (Å²) in [4.78, 5) is 0. The van der Waals surface area contributed by atoms with Gasteiger partial charge in [-0.05, 0) is 76.1 Å². The third kappa shape index (κ3) is 4.27. The van der Waals surface area contributed by atoms with E-state index in [2.05, 4.69) is 26.1 Å². The van der Waals surface area contributed by atoms with Crippen molar-refractivity contribution in [3.8, 4) is 0 Å². The predicted octanol–water partition coefficient (Wildman–Crippen LogP) is 3.92. The molecule has 0 aliphatic heterocycles. The summed E-state index contributed by atoms with van der Waals surface area (Å²) in [5, 5.41) is 3.51. The second-order valence-electron chi connectivity index (χ2n) is 6.71. The molecule has 0 spiro atoms. The van der Waals surface area contributed by atoms with Gasteiger partial charge >= 0.3 is 0 Å². The molecule has 2 unspecified atom stereocenters. The van der Waals surface area contributed by atoms with E-state index in [1.165, 1.54) is 18.6 Å². The van der Waals surface area contributed by atoms with Gasteiger partial charge in [0.1, 0.15) is 11.6 Å². The monoisotopic (exact) mass is 267 g/mol. The fraction of sp³-hybridized carbons (Fsp3) is 0.625. The van der Waals surface area contributed by atoms with Crippen LogP contribution in [0.3, 0.4) is 0 Å². The molecule has 1 aromatic carbocycles. The van der Waals surface area contributed by atoms with E-state index in [1.54, 1.807) is 0 Å². The largest absolute Gasteiger partial charge is 0.312 e. The zero-order valence-electron chi connectivity index (χ0n) is 12.0. The fourth-order valence-electron chi connectivity index (χ4n) is 2.64. The topological polar surface area (TPSA) is 12.0 Å². The van der Waals surface area contributed by atoms with Gasteiger partial charge < -0.3 is 5.32 Å². The molecular weight excluding hydrogens is 244 g/mol. The van der Waals surface area contributed by atoms with Gasteiger partial charge in [-0.25, -0.2) is 8.78 Å². The van der Waals surface area contributed by atoms with Gasteiger partial charge in [0.05, 0.1) is 0 Å². The van der Waals surface area contributed by atoms with E-state index >= 15 is 0 Å². The first-order valence-corrected chi connectivity index (χ1v) is 7.03. The van der Waals surface area contributed by atoms with Gasteiger partial charge in [0.2, 0.25) is 0 Å². The summed E-state index contributed by atoms with van der Waals surface area (Å²) in [7, 11) is 0. The summed E-state index contributed by atoms with van der Waals surface area (Å²) in [6.07, 6.45) is 3.16. The first-order valence-electron chi connectivity index (χ1n) is 7.03. The molecule has 0 saturated heterocycles. The van der Waals surface area contributed by atoms with Gasteiger partial charge in [0, 0.05) is 11.6 Å². The molecule has 0 bridgehead atoms. The molecule has 1 aliphatic carbocycles. The van der Waals surface area contributed by atoms with Crippen LogP contribution in [0.15, 0.2) is 18.2 Å². The predicted molar refractivity (Wildman–Crippen MR) is 74.0 cm³/mol. The van der Waals surface area contributed by atoms with Crippen LogP contribution in [0.1, 0.15) is 39.2 Å². The zero-order valence-corrected chi connectivity index (χ0v) is 12.0. The highest BCUT2D eigenvalue weighted by Crippen LogP contribution is 2.36. The molecule has 0 radical (unpaired) electrons. The van der Waals surface area contributed by atoms with Gasteiger partial charge in [-0.15, -0.1) is 0 Å². The molecule has 0 heterocycles. The van der Waals surface area contributed by atoms with Crippen LogP contribution in [0.5, 0.6) is 0 Å². The van der Waals surface area contributed by atoms with E-state index in [-0.39, 0.29) is 5.54 Å². The maximum absolute atomic E-state index is 13.1. The summed E-state index contributed by atoms with van der Waals surface area (Å²) in [5.74, 6) is 0.235. The number of benzene rings is 1. The zero-order chi connectivity index (χ0) is 14.0. The maximum Gasteiger partial charge on any atom is 0.126 e. The number of hydrogen-bond donors (Lipinski definition) is 1. The first kappa shape index (κ1) is 14.4. The molecule has 1 nitrogen and oxygen atoms in total. The first-order chi connectivity index (χ1) is 8.83. The third-order valence-electron chi connectivity index (χ3n) is 3.89. The molecule has 1 fully saturated rings. The molecule has 19 heavy (non-hydrogen) atoms. The van der Waals surface area contributed by atoms with Crippen LogP contribution in [0.25, 0.3) is 0 Å². The molecule has 106 valence electrons. The van der Waals surface area contributed by atoms with Gasteiger partial charge in [-0.3, -0.25) is 0 Å². The van der Waals surface area contributed by atoms with Crippen molar-refractivity contribution in [3.63, 3.8) is 0 Å². The summed E-state index contributed by atoms with van der Waals surface area (Å²) >= 11 is 0. The van der Waals surface area contributed by atoms with Gasteiger partial charge in [0.15, 0.2) is 0 Å². The molecule has 1 aromatic rings. The van der Waals surface area contributed by atoms with Crippen molar-refractivity contribution in [3.05, 3.63) is 35.4 Å². The molecule has 2 rings (SSSR count). The van der Waals surface area contributed by atoms with E-state index < -0.39 is 11.6 Å². The number of rotatable bonds is 4. The Morgan fingerprint density at radius 2 is 1.63 bits per heavy atom. The van der Waals surface area contributed by atoms with Crippen molar-refractivity contribution >= 4 is 0 Å². The SMILES string of the molecule is CC(C)(C)NCC1CCC1Cc1cc(F)cc(F)c1. The standard InChI is InChI=1S/C16H23F2N/c1-16(2,3)19-10-13-5-4-12(13)6-11-7-14(17)9-15(18)8-11/h7-9,12-13,19H,4-6,10H2,1-3H3. The molecule has 3 heteroatoms. The fourth-order valence-corrected chi connectivity index (χ4v) is 2.64. The molecular formula is C16H23F2N. The van der Waals surface area contributed by atoms with Crippen LogP contribution >= 0.6 is 0 Å². The highest BCUT2D eigenvalue weighted by molar-refractivity contribution is 5.19. The minimum Gasteiger partial charge on any atom is -0.312 e. The third-order valence-corrected chi connectivity index (χ3v) is 3.89. The van der Waals surface area contributed by atoms with Crippen LogP contribution in [0.4, 0.5) is 8.78 Å². The molecule has 1 N–H and O–H groups in total. The van der Waals surface area contributed by atoms with Crippen LogP contribution in [-0.2, 0) is 6.42 Å². The summed E-state index contributed by atoms with van der Waals surface area (Å²) in [6.45, 7) is 7.46. The Hall–Kier alpha value is -0.960. The van der Waals surface area contributed by atoms with E-state index in [4.69, 9.17) is 0 Å². The van der Waals surface area contributed by atoms with Crippen LogP contribution in [0.2, 0.25) is 0 Å². The van der Waals surface area contributed by atoms with Gasteiger partial charge in [-0.1, -0.05) is 0 Å². The van der Waals surface area contributed by atoms with Crippen molar-refractivity contribution < 1.29 is 8.78 Å². The smallest absolute Gasteiger partial charge is 0.126 e. The average molecular weight is 267 g/mol. The van der Waals surface area contributed by atoms with Crippen molar-refractivity contribution in [2.75, 3.05) is 6.54 Å². The van der Waals surface area contributed by atoms with Crippen molar-refractivity contribution in [1.82, 2.24) is 5.32 Å². The van der Waals surface area contributed by atoms with Crippen LogP contribution in [0, 0.1) is 23.5 Å². The summed E-state index contributed by atoms with van der Waals surface area (Å²) in [6, 6.07) is 3.84. The number of hydrogen-bond acceptors (Lipinski definition) is 1. The second kappa shape index (κ2) is 5.58. The lowest BCUT2D eigenvalue weighted by Crippen LogP contribution is -2.44. The summed E-state index contributed by atoms with van der Waals surface area (Å²) in [5.41, 5.74) is 0.911. The number of nitrogens with one attached hydrogen (secondary N) is 1. The highest BCUT2D eigenvalue weighted by Gasteiger charge is 2.31. The lowest BCUT2D eigenvalue weighted by molar-refractivity contribution is 0.159. The molecule has 1 saturated carbocycles. The van der Waals surface area contributed by atoms with E-state index in [9.17, 15) is 8.78 Å². The Morgan fingerprint density at radius 3 is 2.11 bits per heavy atom. The Balaban J connectivity index is 1.89. The molecule has 0 aromatic heterocycles. The van der Waals surface area contributed by atoms with Crippen LogP contribution in [-0.4, -0.2) is 12.1 Å². The van der Waals surface area contributed by atoms with E-state index in [0.29, 0.717) is 11.8 Å². The Morgan fingerprint density at radius 1 is 1.05 bits per heavy atom. The van der Waals surface area contributed by atoms with Gasteiger partial charge in [0.25, 0.3) is 0 Å². The quantitative estimate of drug-likeness (QED) is 0.871. The Kier molecular flexibility index (Phi) is 4.24. The van der Waals surface area contributed by atoms with Crippen molar-refractivity contribution in [2.24, 2.45) is 11.8 Å².